The number of benzene rings is 1. The van der Waals surface area contributed by atoms with E-state index in [1.165, 1.54) is 6.42 Å². The van der Waals surface area contributed by atoms with Crippen LogP contribution in [0.5, 0.6) is 0 Å². The molecule has 6 N–H and O–H groups in total. The predicted octanol–water partition coefficient (Wildman–Crippen LogP) is 2.76. The summed E-state index contributed by atoms with van der Waals surface area (Å²) in [5, 5.41) is 3.20. The highest BCUT2D eigenvalue weighted by Crippen LogP contribution is 2.36. The number of amides is 1. The molecule has 1 heterocycles. The van der Waals surface area contributed by atoms with Crippen LogP contribution in [0.1, 0.15) is 59.6 Å². The molecule has 132 valence electrons. The van der Waals surface area contributed by atoms with E-state index in [4.69, 9.17) is 11.6 Å². The SMILES string of the molecule is Cc1cccc(Nc2nc(N)nc(C3CCCCC3)c2C(=O)NN)c1. The summed E-state index contributed by atoms with van der Waals surface area (Å²) in [6.45, 7) is 2.00. The first-order valence-electron chi connectivity index (χ1n) is 8.60. The van der Waals surface area contributed by atoms with Gasteiger partial charge < -0.3 is 11.1 Å². The lowest BCUT2D eigenvalue weighted by Crippen LogP contribution is -2.33. The number of carbonyl (C=O) groups is 1. The molecule has 1 aliphatic carbocycles. The second-order valence-corrected chi connectivity index (χ2v) is 6.49. The predicted molar refractivity (Wildman–Crippen MR) is 98.4 cm³/mol. The minimum absolute atomic E-state index is 0.157. The highest BCUT2D eigenvalue weighted by molar-refractivity contribution is 6.00. The Morgan fingerprint density at radius 2 is 1.96 bits per heavy atom. The molecule has 1 saturated carbocycles. The van der Waals surface area contributed by atoms with E-state index in [-0.39, 0.29) is 11.9 Å². The van der Waals surface area contributed by atoms with Crippen LogP contribution in [0.2, 0.25) is 0 Å². The molecule has 0 atom stereocenters. The van der Waals surface area contributed by atoms with E-state index < -0.39 is 5.91 Å². The van der Waals surface area contributed by atoms with Crippen LogP contribution in [0.25, 0.3) is 0 Å². The zero-order chi connectivity index (χ0) is 17.8. The number of hydrogen-bond donors (Lipinski definition) is 4. The van der Waals surface area contributed by atoms with E-state index >= 15 is 0 Å². The Bertz CT molecular complexity index is 770. The van der Waals surface area contributed by atoms with E-state index in [9.17, 15) is 4.79 Å². The first kappa shape index (κ1) is 17.2. The fourth-order valence-electron chi connectivity index (χ4n) is 3.41. The monoisotopic (exact) mass is 340 g/mol. The summed E-state index contributed by atoms with van der Waals surface area (Å²) in [5.41, 5.74) is 11.2. The Hall–Kier alpha value is -2.67. The van der Waals surface area contributed by atoms with Gasteiger partial charge in [-0.1, -0.05) is 31.4 Å². The molecule has 0 bridgehead atoms. The number of nitrogens with zero attached hydrogens (tertiary/aromatic N) is 2. The molecule has 1 amide bonds. The fraction of sp³-hybridized carbons (Fsp3) is 0.389. The maximum atomic E-state index is 12.5. The normalized spacial score (nSPS) is 15.0. The number of hydrogen-bond acceptors (Lipinski definition) is 6. The van der Waals surface area contributed by atoms with E-state index in [0.29, 0.717) is 17.1 Å². The van der Waals surface area contributed by atoms with Crippen molar-refractivity contribution in [1.29, 1.82) is 0 Å². The number of aromatic nitrogens is 2. The average molecular weight is 340 g/mol. The van der Waals surface area contributed by atoms with Crippen molar-refractivity contribution in [2.75, 3.05) is 11.1 Å². The van der Waals surface area contributed by atoms with Crippen molar-refractivity contribution >= 4 is 23.4 Å². The number of hydrazine groups is 1. The zero-order valence-corrected chi connectivity index (χ0v) is 14.4. The fourth-order valence-corrected chi connectivity index (χ4v) is 3.41. The average Bonchev–Trinajstić information content (AvgIpc) is 2.61. The number of nitrogens with one attached hydrogen (secondary N) is 2. The van der Waals surface area contributed by atoms with Gasteiger partial charge in [-0.2, -0.15) is 4.98 Å². The van der Waals surface area contributed by atoms with E-state index in [2.05, 4.69) is 20.7 Å². The Morgan fingerprint density at radius 3 is 2.64 bits per heavy atom. The molecule has 1 aromatic heterocycles. The number of anilines is 3. The van der Waals surface area contributed by atoms with Crippen LogP contribution in [0.15, 0.2) is 24.3 Å². The molecule has 0 radical (unpaired) electrons. The largest absolute Gasteiger partial charge is 0.368 e. The van der Waals surface area contributed by atoms with Gasteiger partial charge in [0, 0.05) is 11.6 Å². The molecule has 7 nitrogen and oxygen atoms in total. The third-order valence-electron chi connectivity index (χ3n) is 4.59. The zero-order valence-electron chi connectivity index (χ0n) is 14.4. The molecule has 1 aromatic carbocycles. The van der Waals surface area contributed by atoms with Crippen LogP contribution in [0.4, 0.5) is 17.5 Å². The van der Waals surface area contributed by atoms with Crippen molar-refractivity contribution in [3.05, 3.63) is 41.1 Å². The number of rotatable bonds is 4. The summed E-state index contributed by atoms with van der Waals surface area (Å²) in [6, 6.07) is 7.83. The summed E-state index contributed by atoms with van der Waals surface area (Å²) in [6.07, 6.45) is 5.44. The number of aryl methyl sites for hydroxylation is 1. The van der Waals surface area contributed by atoms with Gasteiger partial charge in [0.15, 0.2) is 0 Å². The molecule has 2 aromatic rings. The van der Waals surface area contributed by atoms with E-state index in [1.54, 1.807) is 0 Å². The number of nitrogen functional groups attached to an aromatic ring is 2. The highest BCUT2D eigenvalue weighted by atomic mass is 16.2. The molecule has 0 saturated heterocycles. The summed E-state index contributed by atoms with van der Waals surface area (Å²) in [5.74, 6) is 5.75. The lowest BCUT2D eigenvalue weighted by Gasteiger charge is -2.24. The van der Waals surface area contributed by atoms with Crippen molar-refractivity contribution < 1.29 is 4.79 Å². The summed E-state index contributed by atoms with van der Waals surface area (Å²) < 4.78 is 0. The molecular formula is C18H24N6O. The van der Waals surface area contributed by atoms with Gasteiger partial charge in [-0.15, -0.1) is 0 Å². The van der Waals surface area contributed by atoms with Gasteiger partial charge in [0.25, 0.3) is 5.91 Å². The van der Waals surface area contributed by atoms with Gasteiger partial charge in [-0.05, 0) is 37.5 Å². The number of carbonyl (C=O) groups excluding carboxylic acids is 1. The summed E-state index contributed by atoms with van der Waals surface area (Å²) in [4.78, 5) is 21.1. The maximum absolute atomic E-state index is 12.5. The molecule has 3 rings (SSSR count). The molecule has 7 heteroatoms. The Balaban J connectivity index is 2.06. The second-order valence-electron chi connectivity index (χ2n) is 6.49. The molecular weight excluding hydrogens is 316 g/mol. The van der Waals surface area contributed by atoms with Crippen LogP contribution in [0.3, 0.4) is 0 Å². The van der Waals surface area contributed by atoms with E-state index in [1.807, 2.05) is 31.2 Å². The van der Waals surface area contributed by atoms with E-state index in [0.717, 1.165) is 36.9 Å². The smallest absolute Gasteiger partial charge is 0.270 e. The quantitative estimate of drug-likeness (QED) is 0.386. The minimum atomic E-state index is -0.407. The Kier molecular flexibility index (Phi) is 5.14. The third kappa shape index (κ3) is 3.88. The lowest BCUT2D eigenvalue weighted by atomic mass is 9.85. The van der Waals surface area contributed by atoms with Crippen LogP contribution in [0, 0.1) is 6.92 Å². The highest BCUT2D eigenvalue weighted by Gasteiger charge is 2.27. The molecule has 1 aliphatic rings. The third-order valence-corrected chi connectivity index (χ3v) is 4.59. The topological polar surface area (TPSA) is 119 Å². The molecule has 25 heavy (non-hydrogen) atoms. The summed E-state index contributed by atoms with van der Waals surface area (Å²) in [7, 11) is 0. The van der Waals surface area contributed by atoms with Crippen molar-refractivity contribution in [3.8, 4) is 0 Å². The molecule has 0 spiro atoms. The van der Waals surface area contributed by atoms with Crippen molar-refractivity contribution in [3.63, 3.8) is 0 Å². The van der Waals surface area contributed by atoms with Gasteiger partial charge in [-0.3, -0.25) is 10.2 Å². The van der Waals surface area contributed by atoms with Crippen molar-refractivity contribution in [2.24, 2.45) is 5.84 Å². The molecule has 1 fully saturated rings. The van der Waals surface area contributed by atoms with Crippen LogP contribution in [-0.2, 0) is 0 Å². The first-order valence-corrected chi connectivity index (χ1v) is 8.60. The lowest BCUT2D eigenvalue weighted by molar-refractivity contribution is 0.0952. The van der Waals surface area contributed by atoms with Gasteiger partial charge in [0.05, 0.1) is 5.69 Å². The van der Waals surface area contributed by atoms with Crippen molar-refractivity contribution in [2.45, 2.75) is 44.9 Å². The second kappa shape index (κ2) is 7.48. The van der Waals surface area contributed by atoms with Crippen LogP contribution >= 0.6 is 0 Å². The Labute approximate surface area is 147 Å². The van der Waals surface area contributed by atoms with Gasteiger partial charge >= 0.3 is 0 Å². The number of nitrogens with two attached hydrogens (primary N) is 2. The molecule has 0 aliphatic heterocycles. The van der Waals surface area contributed by atoms with Gasteiger partial charge in [0.1, 0.15) is 11.4 Å². The molecule has 0 unspecified atom stereocenters. The van der Waals surface area contributed by atoms with Gasteiger partial charge in [0.2, 0.25) is 5.95 Å². The van der Waals surface area contributed by atoms with Crippen LogP contribution < -0.4 is 22.3 Å². The standard InChI is InChI=1S/C18H24N6O/c1-11-6-5-9-13(10-11)21-16-14(17(25)24-20)15(22-18(19)23-16)12-7-3-2-4-8-12/h5-6,9-10,12H,2-4,7-8,20H2,1H3,(H,24,25)(H3,19,21,22,23). The van der Waals surface area contributed by atoms with Crippen molar-refractivity contribution in [1.82, 2.24) is 15.4 Å². The first-order chi connectivity index (χ1) is 12.1. The Morgan fingerprint density at radius 1 is 1.20 bits per heavy atom. The summed E-state index contributed by atoms with van der Waals surface area (Å²) >= 11 is 0. The van der Waals surface area contributed by atoms with Crippen LogP contribution in [-0.4, -0.2) is 15.9 Å². The van der Waals surface area contributed by atoms with Gasteiger partial charge in [-0.25, -0.2) is 10.8 Å². The maximum Gasteiger partial charge on any atom is 0.270 e. The minimum Gasteiger partial charge on any atom is -0.368 e.